The van der Waals surface area contributed by atoms with Gasteiger partial charge in [-0.15, -0.1) is 11.3 Å². The highest BCUT2D eigenvalue weighted by Gasteiger charge is 2.46. The van der Waals surface area contributed by atoms with E-state index in [-0.39, 0.29) is 11.4 Å². The van der Waals surface area contributed by atoms with Gasteiger partial charge in [0.2, 0.25) is 5.91 Å². The van der Waals surface area contributed by atoms with Crippen LogP contribution in [0, 0.1) is 13.8 Å². The van der Waals surface area contributed by atoms with Gasteiger partial charge in [0, 0.05) is 30.6 Å². The minimum Gasteiger partial charge on any atom is -0.361 e. The van der Waals surface area contributed by atoms with E-state index in [2.05, 4.69) is 30.3 Å². The zero-order chi connectivity index (χ0) is 20.0. The van der Waals surface area contributed by atoms with Crippen LogP contribution in [-0.2, 0) is 11.3 Å². The molecule has 7 nitrogen and oxygen atoms in total. The lowest BCUT2D eigenvalue weighted by atomic mass is 9.87. The maximum absolute atomic E-state index is 12.8. The molecule has 0 radical (unpaired) electrons. The van der Waals surface area contributed by atoms with Gasteiger partial charge < -0.3 is 14.3 Å². The molecule has 1 spiro atoms. The number of carbonyl (C=O) groups is 1. The lowest BCUT2D eigenvalue weighted by Crippen LogP contribution is -2.46. The molecule has 5 rings (SSSR count). The van der Waals surface area contributed by atoms with Crippen molar-refractivity contribution in [2.75, 3.05) is 18.0 Å². The van der Waals surface area contributed by atoms with Crippen LogP contribution in [0.25, 0.3) is 10.2 Å². The molecule has 8 heteroatoms. The number of likely N-dealkylation sites (tertiary alicyclic amines) is 1. The second kappa shape index (κ2) is 7.09. The van der Waals surface area contributed by atoms with Crippen LogP contribution >= 0.6 is 11.3 Å². The Hall–Kier alpha value is -2.48. The molecule has 1 atom stereocenters. The van der Waals surface area contributed by atoms with Gasteiger partial charge in [0.1, 0.15) is 17.9 Å². The summed E-state index contributed by atoms with van der Waals surface area (Å²) in [5.74, 6) is 2.10. The SMILES string of the molecule is Cc1noc(C)c1CN1C(=O)CC[C@@]12CCCN(c1ncnc3ccsc13)CC2. The first-order valence-electron chi connectivity index (χ1n) is 10.2. The molecule has 1 amide bonds. The van der Waals surface area contributed by atoms with Crippen molar-refractivity contribution in [3.63, 3.8) is 0 Å². The second-order valence-electron chi connectivity index (χ2n) is 8.18. The van der Waals surface area contributed by atoms with Crippen molar-refractivity contribution in [2.24, 2.45) is 0 Å². The van der Waals surface area contributed by atoms with Crippen molar-refractivity contribution in [1.29, 1.82) is 0 Å². The van der Waals surface area contributed by atoms with E-state index in [9.17, 15) is 4.79 Å². The first-order valence-corrected chi connectivity index (χ1v) is 11.1. The van der Waals surface area contributed by atoms with Crippen molar-refractivity contribution in [3.8, 4) is 0 Å². The van der Waals surface area contributed by atoms with Crippen LogP contribution in [0.2, 0.25) is 0 Å². The van der Waals surface area contributed by atoms with E-state index in [0.29, 0.717) is 13.0 Å². The number of thiophene rings is 1. The number of hydrogen-bond acceptors (Lipinski definition) is 7. The van der Waals surface area contributed by atoms with Gasteiger partial charge in [0.15, 0.2) is 0 Å². The summed E-state index contributed by atoms with van der Waals surface area (Å²) < 4.78 is 6.49. The quantitative estimate of drug-likeness (QED) is 0.652. The van der Waals surface area contributed by atoms with Crippen LogP contribution in [0.15, 0.2) is 22.3 Å². The number of hydrogen-bond donors (Lipinski definition) is 0. The number of nitrogens with zero attached hydrogens (tertiary/aromatic N) is 5. The van der Waals surface area contributed by atoms with Crippen LogP contribution in [0.4, 0.5) is 5.82 Å². The Balaban J connectivity index is 1.41. The number of aryl methyl sites for hydroxylation is 2. The number of rotatable bonds is 3. The number of fused-ring (bicyclic) bond motifs is 1. The van der Waals surface area contributed by atoms with Crippen LogP contribution in [-0.4, -0.2) is 44.6 Å². The van der Waals surface area contributed by atoms with Crippen LogP contribution in [0.5, 0.6) is 0 Å². The third kappa shape index (κ3) is 3.10. The summed E-state index contributed by atoms with van der Waals surface area (Å²) in [6.45, 7) is 6.34. The zero-order valence-corrected chi connectivity index (χ0v) is 17.7. The van der Waals surface area contributed by atoms with E-state index in [1.54, 1.807) is 17.7 Å². The molecule has 152 valence electrons. The first kappa shape index (κ1) is 18.5. The van der Waals surface area contributed by atoms with E-state index < -0.39 is 0 Å². The number of anilines is 1. The van der Waals surface area contributed by atoms with Crippen LogP contribution < -0.4 is 4.90 Å². The topological polar surface area (TPSA) is 75.4 Å². The largest absolute Gasteiger partial charge is 0.361 e. The van der Waals surface area contributed by atoms with Crippen molar-refractivity contribution in [2.45, 2.75) is 58.0 Å². The Bertz CT molecular complexity index is 1040. The molecule has 0 saturated carbocycles. The predicted molar refractivity (Wildman–Crippen MR) is 112 cm³/mol. The lowest BCUT2D eigenvalue weighted by molar-refractivity contribution is -0.132. The number of aromatic nitrogens is 3. The smallest absolute Gasteiger partial charge is 0.223 e. The molecule has 0 unspecified atom stereocenters. The summed E-state index contributed by atoms with van der Waals surface area (Å²) in [6.07, 6.45) is 6.25. The Morgan fingerprint density at radius 3 is 2.93 bits per heavy atom. The number of carbonyl (C=O) groups excluding carboxylic acids is 1. The highest BCUT2D eigenvalue weighted by molar-refractivity contribution is 7.17. The third-order valence-electron chi connectivity index (χ3n) is 6.62. The fraction of sp³-hybridized carbons (Fsp3) is 0.524. The van der Waals surface area contributed by atoms with E-state index >= 15 is 0 Å². The van der Waals surface area contributed by atoms with Gasteiger partial charge in [-0.3, -0.25) is 4.79 Å². The predicted octanol–water partition coefficient (Wildman–Crippen LogP) is 3.85. The summed E-state index contributed by atoms with van der Waals surface area (Å²) in [4.78, 5) is 26.3. The summed E-state index contributed by atoms with van der Waals surface area (Å²) in [6, 6.07) is 2.05. The van der Waals surface area contributed by atoms with Crippen LogP contribution in [0.3, 0.4) is 0 Å². The molecule has 0 aliphatic carbocycles. The van der Waals surface area contributed by atoms with Gasteiger partial charge in [-0.05, 0) is 51.0 Å². The van der Waals surface area contributed by atoms with Gasteiger partial charge in [0.25, 0.3) is 0 Å². The third-order valence-corrected chi connectivity index (χ3v) is 7.52. The molecule has 2 aliphatic rings. The molecule has 2 fully saturated rings. The summed E-state index contributed by atoms with van der Waals surface area (Å²) >= 11 is 1.70. The molecule has 5 heterocycles. The molecular formula is C21H25N5O2S. The summed E-state index contributed by atoms with van der Waals surface area (Å²) in [7, 11) is 0. The molecular weight excluding hydrogens is 386 g/mol. The summed E-state index contributed by atoms with van der Waals surface area (Å²) in [5, 5.41) is 6.15. The van der Waals surface area contributed by atoms with E-state index in [0.717, 1.165) is 71.8 Å². The van der Waals surface area contributed by atoms with Gasteiger partial charge in [-0.1, -0.05) is 5.16 Å². The zero-order valence-electron chi connectivity index (χ0n) is 16.8. The second-order valence-corrected chi connectivity index (χ2v) is 9.10. The maximum atomic E-state index is 12.8. The average molecular weight is 412 g/mol. The molecule has 0 aromatic carbocycles. The molecule has 2 saturated heterocycles. The Morgan fingerprint density at radius 2 is 2.10 bits per heavy atom. The van der Waals surface area contributed by atoms with Gasteiger partial charge in [-0.25, -0.2) is 9.97 Å². The highest BCUT2D eigenvalue weighted by Crippen LogP contribution is 2.41. The van der Waals surface area contributed by atoms with E-state index in [1.807, 2.05) is 19.9 Å². The lowest BCUT2D eigenvalue weighted by Gasteiger charge is -2.38. The monoisotopic (exact) mass is 411 g/mol. The fourth-order valence-electron chi connectivity index (χ4n) is 4.93. The van der Waals surface area contributed by atoms with Crippen molar-refractivity contribution < 1.29 is 9.32 Å². The minimum absolute atomic E-state index is 0.0798. The van der Waals surface area contributed by atoms with Gasteiger partial charge >= 0.3 is 0 Å². The van der Waals surface area contributed by atoms with E-state index in [4.69, 9.17) is 4.52 Å². The standard InChI is InChI=1S/C21H25N5O2S/c1-14-16(15(2)28-24-14)12-26-18(27)4-7-21(26)6-3-9-25(10-8-21)20-19-17(5-11-29-19)22-13-23-20/h5,11,13H,3-4,6-10,12H2,1-2H3/t21-/m1/s1. The molecule has 2 aliphatic heterocycles. The molecule has 3 aromatic heterocycles. The molecule has 0 bridgehead atoms. The fourth-order valence-corrected chi connectivity index (χ4v) is 5.79. The van der Waals surface area contributed by atoms with Crippen LogP contribution in [0.1, 0.15) is 49.1 Å². The normalized spacial score (nSPS) is 22.8. The highest BCUT2D eigenvalue weighted by atomic mass is 32.1. The van der Waals surface area contributed by atoms with Crippen molar-refractivity contribution in [1.82, 2.24) is 20.0 Å². The minimum atomic E-state index is -0.0798. The van der Waals surface area contributed by atoms with Crippen molar-refractivity contribution >= 4 is 33.3 Å². The first-order chi connectivity index (χ1) is 14.1. The van der Waals surface area contributed by atoms with Gasteiger partial charge in [0.05, 0.1) is 22.5 Å². The van der Waals surface area contributed by atoms with Crippen molar-refractivity contribution in [3.05, 3.63) is 34.8 Å². The molecule has 3 aromatic rings. The molecule has 0 N–H and O–H groups in total. The Morgan fingerprint density at radius 1 is 1.21 bits per heavy atom. The Kier molecular flexibility index (Phi) is 4.53. The Labute approximate surface area is 173 Å². The molecule has 29 heavy (non-hydrogen) atoms. The average Bonchev–Trinajstić information content (AvgIpc) is 3.35. The van der Waals surface area contributed by atoms with Gasteiger partial charge in [-0.2, -0.15) is 0 Å². The number of amides is 1. The maximum Gasteiger partial charge on any atom is 0.223 e. The van der Waals surface area contributed by atoms with E-state index in [1.165, 1.54) is 0 Å². The summed E-state index contributed by atoms with van der Waals surface area (Å²) in [5.41, 5.74) is 2.87.